The summed E-state index contributed by atoms with van der Waals surface area (Å²) in [6, 6.07) is 4.37. The van der Waals surface area contributed by atoms with Gasteiger partial charge in [-0.2, -0.15) is 13.2 Å². The molecule has 4 amide bonds. The van der Waals surface area contributed by atoms with E-state index in [0.29, 0.717) is 58.0 Å². The number of urea groups is 2. The van der Waals surface area contributed by atoms with E-state index in [2.05, 4.69) is 5.32 Å². The van der Waals surface area contributed by atoms with Crippen molar-refractivity contribution in [1.82, 2.24) is 20.0 Å². The number of nitrogens with zero attached hydrogens (tertiary/aromatic N) is 3. The van der Waals surface area contributed by atoms with E-state index >= 15 is 0 Å². The zero-order valence-electron chi connectivity index (χ0n) is 15.4. The van der Waals surface area contributed by atoms with E-state index in [0.717, 1.165) is 12.1 Å². The molecule has 1 aromatic rings. The van der Waals surface area contributed by atoms with Crippen LogP contribution in [0.5, 0.6) is 0 Å². The number of benzene rings is 1. The van der Waals surface area contributed by atoms with Crippen molar-refractivity contribution in [3.8, 4) is 0 Å². The minimum atomic E-state index is -4.37. The Morgan fingerprint density at radius 2 is 1.43 bits per heavy atom. The maximum absolute atomic E-state index is 12.6. The first-order valence-electron chi connectivity index (χ1n) is 9.15. The highest BCUT2D eigenvalue weighted by molar-refractivity contribution is 5.76. The van der Waals surface area contributed by atoms with Crippen LogP contribution in [-0.4, -0.2) is 79.2 Å². The Morgan fingerprint density at radius 1 is 0.893 bits per heavy atom. The van der Waals surface area contributed by atoms with Crippen molar-refractivity contribution >= 4 is 12.1 Å². The van der Waals surface area contributed by atoms with Crippen LogP contribution in [0.1, 0.15) is 11.1 Å². The first kappa shape index (κ1) is 20.2. The van der Waals surface area contributed by atoms with Crippen molar-refractivity contribution in [3.63, 3.8) is 0 Å². The molecule has 0 bridgehead atoms. The second kappa shape index (κ2) is 8.68. The highest BCUT2D eigenvalue weighted by Crippen LogP contribution is 2.29. The molecule has 0 aromatic heterocycles. The van der Waals surface area contributed by atoms with E-state index in [1.807, 2.05) is 0 Å². The molecule has 1 aromatic carbocycles. The van der Waals surface area contributed by atoms with Gasteiger partial charge in [0.1, 0.15) is 0 Å². The molecular formula is C18H23F3N4O3. The number of morpholine rings is 1. The molecular weight excluding hydrogens is 377 g/mol. The van der Waals surface area contributed by atoms with E-state index in [1.165, 1.54) is 12.1 Å². The smallest absolute Gasteiger partial charge is 0.378 e. The van der Waals surface area contributed by atoms with E-state index in [-0.39, 0.29) is 18.6 Å². The predicted molar refractivity (Wildman–Crippen MR) is 94.6 cm³/mol. The summed E-state index contributed by atoms with van der Waals surface area (Å²) in [6.45, 7) is 4.09. The molecule has 0 spiro atoms. The highest BCUT2D eigenvalue weighted by atomic mass is 19.4. The summed E-state index contributed by atoms with van der Waals surface area (Å²) in [5.41, 5.74) is -0.133. The molecule has 2 fully saturated rings. The molecule has 2 aliphatic rings. The van der Waals surface area contributed by atoms with Gasteiger partial charge >= 0.3 is 18.2 Å². The maximum atomic E-state index is 12.6. The second-order valence-corrected chi connectivity index (χ2v) is 6.71. The van der Waals surface area contributed by atoms with Crippen molar-refractivity contribution in [2.75, 3.05) is 52.5 Å². The van der Waals surface area contributed by atoms with Crippen LogP contribution in [0, 0.1) is 0 Å². The molecule has 0 aliphatic carbocycles. The van der Waals surface area contributed by atoms with Gasteiger partial charge in [-0.15, -0.1) is 0 Å². The number of halogens is 3. The summed E-state index contributed by atoms with van der Waals surface area (Å²) >= 11 is 0. The Balaban J connectivity index is 1.43. The monoisotopic (exact) mass is 400 g/mol. The van der Waals surface area contributed by atoms with Crippen LogP contribution < -0.4 is 5.32 Å². The SMILES string of the molecule is O=C(NCc1ccc(C(F)(F)F)cc1)N1CCN(C(=O)N2CCOCC2)CC1. The number of alkyl halides is 3. The fraction of sp³-hybridized carbons (Fsp3) is 0.556. The summed E-state index contributed by atoms with van der Waals surface area (Å²) in [4.78, 5) is 29.8. The summed E-state index contributed by atoms with van der Waals surface area (Å²) < 4.78 is 43.0. The molecule has 0 unspecified atom stereocenters. The topological polar surface area (TPSA) is 65.1 Å². The largest absolute Gasteiger partial charge is 0.416 e. The normalized spacial score (nSPS) is 18.2. The van der Waals surface area contributed by atoms with Crippen LogP contribution in [0.25, 0.3) is 0 Å². The fourth-order valence-corrected chi connectivity index (χ4v) is 3.16. The molecule has 2 heterocycles. The van der Waals surface area contributed by atoms with Gasteiger partial charge in [0.15, 0.2) is 0 Å². The van der Waals surface area contributed by atoms with Gasteiger partial charge < -0.3 is 24.8 Å². The number of hydrogen-bond acceptors (Lipinski definition) is 3. The summed E-state index contributed by atoms with van der Waals surface area (Å²) in [5, 5.41) is 2.71. The number of carbonyl (C=O) groups excluding carboxylic acids is 2. The average Bonchev–Trinajstić information content (AvgIpc) is 2.72. The number of hydrogen-bond donors (Lipinski definition) is 1. The molecule has 0 saturated carbocycles. The third-order valence-electron chi connectivity index (χ3n) is 4.84. The quantitative estimate of drug-likeness (QED) is 0.826. The van der Waals surface area contributed by atoms with Crippen LogP contribution >= 0.6 is 0 Å². The molecule has 28 heavy (non-hydrogen) atoms. The Kier molecular flexibility index (Phi) is 6.28. The van der Waals surface area contributed by atoms with Crippen LogP contribution in [0.4, 0.5) is 22.8 Å². The number of nitrogens with one attached hydrogen (secondary N) is 1. The molecule has 0 atom stereocenters. The molecule has 10 heteroatoms. The lowest BCUT2D eigenvalue weighted by Gasteiger charge is -2.38. The molecule has 2 saturated heterocycles. The first-order valence-corrected chi connectivity index (χ1v) is 9.15. The molecule has 1 N–H and O–H groups in total. The Labute approximate surface area is 161 Å². The molecule has 154 valence electrons. The zero-order valence-corrected chi connectivity index (χ0v) is 15.4. The van der Waals surface area contributed by atoms with Gasteiger partial charge in [0, 0.05) is 45.8 Å². The van der Waals surface area contributed by atoms with Crippen LogP contribution in [0.2, 0.25) is 0 Å². The predicted octanol–water partition coefficient (Wildman–Crippen LogP) is 1.98. The van der Waals surface area contributed by atoms with Crippen molar-refractivity contribution in [1.29, 1.82) is 0 Å². The van der Waals surface area contributed by atoms with E-state index in [4.69, 9.17) is 4.74 Å². The third kappa shape index (κ3) is 5.06. The third-order valence-corrected chi connectivity index (χ3v) is 4.84. The zero-order chi connectivity index (χ0) is 20.1. The van der Waals surface area contributed by atoms with Crippen molar-refractivity contribution in [3.05, 3.63) is 35.4 Å². The van der Waals surface area contributed by atoms with Crippen LogP contribution in [0.15, 0.2) is 24.3 Å². The standard InChI is InChI=1S/C18H23F3N4O3/c19-18(20,21)15-3-1-14(2-4-15)13-22-16(26)23-5-7-24(8-6-23)17(27)25-9-11-28-12-10-25/h1-4H,5-13H2,(H,22,26). The lowest BCUT2D eigenvalue weighted by Crippen LogP contribution is -2.56. The lowest BCUT2D eigenvalue weighted by atomic mass is 10.1. The Bertz CT molecular complexity index is 682. The molecule has 2 aliphatic heterocycles. The number of rotatable bonds is 2. The number of piperazine rings is 1. The van der Waals surface area contributed by atoms with Crippen molar-refractivity contribution < 1.29 is 27.5 Å². The lowest BCUT2D eigenvalue weighted by molar-refractivity contribution is -0.137. The summed E-state index contributed by atoms with van der Waals surface area (Å²) in [6.07, 6.45) is -4.37. The highest BCUT2D eigenvalue weighted by Gasteiger charge is 2.30. The van der Waals surface area contributed by atoms with E-state index < -0.39 is 11.7 Å². The maximum Gasteiger partial charge on any atom is 0.416 e. The second-order valence-electron chi connectivity index (χ2n) is 6.71. The van der Waals surface area contributed by atoms with Crippen molar-refractivity contribution in [2.45, 2.75) is 12.7 Å². The van der Waals surface area contributed by atoms with Gasteiger partial charge in [-0.3, -0.25) is 0 Å². The fourth-order valence-electron chi connectivity index (χ4n) is 3.16. The van der Waals surface area contributed by atoms with Gasteiger partial charge in [-0.05, 0) is 17.7 Å². The van der Waals surface area contributed by atoms with E-state index in [9.17, 15) is 22.8 Å². The van der Waals surface area contributed by atoms with Gasteiger partial charge in [-0.1, -0.05) is 12.1 Å². The Hall–Kier alpha value is -2.49. The number of carbonyl (C=O) groups is 2. The number of ether oxygens (including phenoxy) is 1. The van der Waals surface area contributed by atoms with Crippen LogP contribution in [0.3, 0.4) is 0 Å². The van der Waals surface area contributed by atoms with E-state index in [1.54, 1.807) is 14.7 Å². The molecule has 3 rings (SSSR count). The van der Waals surface area contributed by atoms with Gasteiger partial charge in [-0.25, -0.2) is 9.59 Å². The minimum Gasteiger partial charge on any atom is -0.378 e. The van der Waals surface area contributed by atoms with Gasteiger partial charge in [0.25, 0.3) is 0 Å². The minimum absolute atomic E-state index is 0.0342. The number of amides is 4. The molecule has 0 radical (unpaired) electrons. The summed E-state index contributed by atoms with van der Waals surface area (Å²) in [5.74, 6) is 0. The first-order chi connectivity index (χ1) is 13.3. The van der Waals surface area contributed by atoms with Gasteiger partial charge in [0.05, 0.1) is 18.8 Å². The molecule has 7 nitrogen and oxygen atoms in total. The van der Waals surface area contributed by atoms with Crippen molar-refractivity contribution in [2.24, 2.45) is 0 Å². The average molecular weight is 400 g/mol. The Morgan fingerprint density at radius 3 is 2.00 bits per heavy atom. The summed E-state index contributed by atoms with van der Waals surface area (Å²) in [7, 11) is 0. The van der Waals surface area contributed by atoms with Gasteiger partial charge in [0.2, 0.25) is 0 Å². The van der Waals surface area contributed by atoms with Crippen LogP contribution in [-0.2, 0) is 17.5 Å².